The molecule has 3 heteroatoms. The average molecular weight is 263 g/mol. The zero-order valence-electron chi connectivity index (χ0n) is 11.3. The molecule has 0 radical (unpaired) electrons. The number of thiol groups is 1. The summed E-state index contributed by atoms with van der Waals surface area (Å²) in [5.74, 6) is 0.934. The van der Waals surface area contributed by atoms with Crippen LogP contribution in [0.1, 0.15) is 36.0 Å². The van der Waals surface area contributed by atoms with E-state index in [4.69, 9.17) is 0 Å². The van der Waals surface area contributed by atoms with Gasteiger partial charge in [0, 0.05) is 12.1 Å². The summed E-state index contributed by atoms with van der Waals surface area (Å²) in [4.78, 5) is 12.1. The van der Waals surface area contributed by atoms with Gasteiger partial charge in [-0.2, -0.15) is 12.6 Å². The molecule has 0 saturated heterocycles. The summed E-state index contributed by atoms with van der Waals surface area (Å²) in [6.07, 6.45) is 2.87. The topological polar surface area (TPSA) is 29.1 Å². The summed E-state index contributed by atoms with van der Waals surface area (Å²) in [5.41, 5.74) is 4.66. The van der Waals surface area contributed by atoms with Crippen molar-refractivity contribution >= 4 is 24.2 Å². The van der Waals surface area contributed by atoms with E-state index >= 15 is 0 Å². The first-order chi connectivity index (χ1) is 8.46. The number of carbonyl (C=O) groups excluding carboxylic acids is 1. The fourth-order valence-electron chi connectivity index (χ4n) is 2.47. The van der Waals surface area contributed by atoms with E-state index in [2.05, 4.69) is 37.0 Å². The molecule has 1 aliphatic carbocycles. The maximum atomic E-state index is 12.1. The van der Waals surface area contributed by atoms with Crippen LogP contribution >= 0.6 is 12.6 Å². The van der Waals surface area contributed by atoms with Crippen LogP contribution in [0.15, 0.2) is 12.1 Å². The van der Waals surface area contributed by atoms with Gasteiger partial charge in [0.05, 0.1) is 0 Å². The maximum Gasteiger partial charge on any atom is 0.224 e. The molecule has 1 saturated carbocycles. The lowest BCUT2D eigenvalue weighted by molar-refractivity contribution is -0.117. The van der Waals surface area contributed by atoms with Crippen molar-refractivity contribution in [3.63, 3.8) is 0 Å². The molecule has 0 spiro atoms. The first-order valence-corrected chi connectivity index (χ1v) is 7.08. The van der Waals surface area contributed by atoms with E-state index in [0.29, 0.717) is 6.42 Å². The van der Waals surface area contributed by atoms with Crippen LogP contribution in [0.5, 0.6) is 0 Å². The van der Waals surface area contributed by atoms with Crippen molar-refractivity contribution in [2.75, 3.05) is 11.1 Å². The minimum atomic E-state index is 0.122. The summed E-state index contributed by atoms with van der Waals surface area (Å²) < 4.78 is 0. The molecule has 98 valence electrons. The molecule has 1 amide bonds. The van der Waals surface area contributed by atoms with Gasteiger partial charge in [-0.25, -0.2) is 0 Å². The summed E-state index contributed by atoms with van der Waals surface area (Å²) in [6, 6.07) is 4.21. The third-order valence-corrected chi connectivity index (χ3v) is 4.44. The van der Waals surface area contributed by atoms with Crippen molar-refractivity contribution in [3.05, 3.63) is 28.8 Å². The first-order valence-electron chi connectivity index (χ1n) is 6.44. The number of amides is 1. The van der Waals surface area contributed by atoms with E-state index < -0.39 is 0 Å². The molecule has 1 aromatic rings. The fourth-order valence-corrected chi connectivity index (χ4v) is 2.90. The van der Waals surface area contributed by atoms with Gasteiger partial charge >= 0.3 is 0 Å². The van der Waals surface area contributed by atoms with Crippen LogP contribution in [0, 0.1) is 26.2 Å². The van der Waals surface area contributed by atoms with Crippen molar-refractivity contribution in [2.45, 2.75) is 40.0 Å². The third-order valence-electron chi connectivity index (χ3n) is 3.77. The van der Waals surface area contributed by atoms with E-state index in [-0.39, 0.29) is 11.3 Å². The summed E-state index contributed by atoms with van der Waals surface area (Å²) in [6.45, 7) is 6.16. The predicted octanol–water partition coefficient (Wildman–Crippen LogP) is 3.65. The van der Waals surface area contributed by atoms with Gasteiger partial charge in [0.2, 0.25) is 5.91 Å². The Morgan fingerprint density at radius 3 is 2.28 bits per heavy atom. The predicted molar refractivity (Wildman–Crippen MR) is 79.4 cm³/mol. The smallest absolute Gasteiger partial charge is 0.224 e. The minimum absolute atomic E-state index is 0.122. The maximum absolute atomic E-state index is 12.1. The number of benzene rings is 1. The molecule has 18 heavy (non-hydrogen) atoms. The second kappa shape index (κ2) is 4.96. The number of hydrogen-bond donors (Lipinski definition) is 2. The molecule has 1 aliphatic rings. The van der Waals surface area contributed by atoms with Gasteiger partial charge in [-0.1, -0.05) is 17.7 Å². The highest BCUT2D eigenvalue weighted by Gasteiger charge is 2.42. The number of nitrogens with one attached hydrogen (secondary N) is 1. The van der Waals surface area contributed by atoms with E-state index in [1.807, 2.05) is 13.8 Å². The number of aryl methyl sites for hydroxylation is 3. The quantitative estimate of drug-likeness (QED) is 0.798. The van der Waals surface area contributed by atoms with Gasteiger partial charge in [0.1, 0.15) is 0 Å². The van der Waals surface area contributed by atoms with E-state index in [1.54, 1.807) is 0 Å². The Balaban J connectivity index is 2.07. The van der Waals surface area contributed by atoms with E-state index in [9.17, 15) is 4.79 Å². The van der Waals surface area contributed by atoms with Gasteiger partial charge in [-0.15, -0.1) is 0 Å². The van der Waals surface area contributed by atoms with Crippen LogP contribution in [0.25, 0.3) is 0 Å². The number of anilines is 1. The number of rotatable bonds is 4. The van der Waals surface area contributed by atoms with Crippen LogP contribution in [0.4, 0.5) is 5.69 Å². The molecule has 0 unspecified atom stereocenters. The fraction of sp³-hybridized carbons (Fsp3) is 0.533. The average Bonchev–Trinajstić information content (AvgIpc) is 3.04. The van der Waals surface area contributed by atoms with Gasteiger partial charge in [0.15, 0.2) is 0 Å². The lowest BCUT2D eigenvalue weighted by atomic mass is 10.0. The number of carbonyl (C=O) groups is 1. The van der Waals surface area contributed by atoms with Crippen LogP contribution in [-0.2, 0) is 4.79 Å². The second-order valence-electron chi connectivity index (χ2n) is 5.66. The highest BCUT2D eigenvalue weighted by atomic mass is 32.1. The van der Waals surface area contributed by atoms with Crippen LogP contribution in [0.3, 0.4) is 0 Å². The van der Waals surface area contributed by atoms with Crippen molar-refractivity contribution in [2.24, 2.45) is 5.41 Å². The van der Waals surface area contributed by atoms with Gasteiger partial charge in [0.25, 0.3) is 0 Å². The summed E-state index contributed by atoms with van der Waals surface area (Å²) in [5, 5.41) is 3.06. The minimum Gasteiger partial charge on any atom is -0.326 e. The van der Waals surface area contributed by atoms with E-state index in [1.165, 1.54) is 5.56 Å². The van der Waals surface area contributed by atoms with Crippen molar-refractivity contribution in [1.29, 1.82) is 0 Å². The molecule has 1 fully saturated rings. The molecule has 1 aromatic carbocycles. The highest BCUT2D eigenvalue weighted by molar-refractivity contribution is 7.80. The summed E-state index contributed by atoms with van der Waals surface area (Å²) >= 11 is 4.34. The van der Waals surface area contributed by atoms with Crippen LogP contribution in [-0.4, -0.2) is 11.7 Å². The molecule has 2 rings (SSSR count). The van der Waals surface area contributed by atoms with E-state index in [0.717, 1.165) is 35.4 Å². The normalized spacial score (nSPS) is 16.4. The lowest BCUT2D eigenvalue weighted by Gasteiger charge is -2.15. The van der Waals surface area contributed by atoms with Gasteiger partial charge in [-0.05, 0) is 55.9 Å². The SMILES string of the molecule is Cc1cc(C)c(NC(=O)CC2(CS)CC2)c(C)c1. The Bertz CT molecular complexity index is 454. The molecule has 0 heterocycles. The van der Waals surface area contributed by atoms with Crippen LogP contribution < -0.4 is 5.32 Å². The standard InChI is InChI=1S/C15H21NOS/c1-10-6-11(2)14(12(3)7-10)16-13(17)8-15(9-18)4-5-15/h6-7,18H,4-5,8-9H2,1-3H3,(H,16,17). The Morgan fingerprint density at radius 1 is 1.28 bits per heavy atom. The molecule has 0 bridgehead atoms. The second-order valence-corrected chi connectivity index (χ2v) is 5.97. The molecule has 0 aromatic heterocycles. The van der Waals surface area contributed by atoms with Crippen molar-refractivity contribution in [3.8, 4) is 0 Å². The Morgan fingerprint density at radius 2 is 1.83 bits per heavy atom. The molecule has 0 atom stereocenters. The molecular weight excluding hydrogens is 242 g/mol. The third kappa shape index (κ3) is 2.89. The summed E-state index contributed by atoms with van der Waals surface area (Å²) in [7, 11) is 0. The van der Waals surface area contributed by atoms with Gasteiger partial charge in [-0.3, -0.25) is 4.79 Å². The van der Waals surface area contributed by atoms with Crippen molar-refractivity contribution < 1.29 is 4.79 Å². The highest BCUT2D eigenvalue weighted by Crippen LogP contribution is 2.49. The molecule has 2 nitrogen and oxygen atoms in total. The first kappa shape index (κ1) is 13.5. The Labute approximate surface area is 115 Å². The largest absolute Gasteiger partial charge is 0.326 e. The Hall–Kier alpha value is -0.960. The molecular formula is C15H21NOS. The molecule has 1 N–H and O–H groups in total. The Kier molecular flexibility index (Phi) is 3.71. The van der Waals surface area contributed by atoms with Gasteiger partial charge < -0.3 is 5.32 Å². The monoisotopic (exact) mass is 263 g/mol. The van der Waals surface area contributed by atoms with Crippen LogP contribution in [0.2, 0.25) is 0 Å². The molecule has 0 aliphatic heterocycles. The zero-order chi connectivity index (χ0) is 13.3. The zero-order valence-corrected chi connectivity index (χ0v) is 12.2. The lowest BCUT2D eigenvalue weighted by Crippen LogP contribution is -2.19. The van der Waals surface area contributed by atoms with Crippen molar-refractivity contribution in [1.82, 2.24) is 0 Å². The number of hydrogen-bond acceptors (Lipinski definition) is 2.